The highest BCUT2D eigenvalue weighted by Gasteiger charge is 2.20. The molecule has 120 valence electrons. The summed E-state index contributed by atoms with van der Waals surface area (Å²) in [6.45, 7) is 6.96. The van der Waals surface area contributed by atoms with E-state index in [-0.39, 0.29) is 11.6 Å². The van der Waals surface area contributed by atoms with E-state index < -0.39 is 0 Å². The number of aryl methyl sites for hydroxylation is 1. The highest BCUT2D eigenvalue weighted by atomic mass is 32.1. The van der Waals surface area contributed by atoms with Crippen LogP contribution < -0.4 is 10.5 Å². The van der Waals surface area contributed by atoms with Crippen molar-refractivity contribution >= 4 is 21.4 Å². The van der Waals surface area contributed by atoms with Crippen molar-refractivity contribution in [2.45, 2.75) is 33.2 Å². The van der Waals surface area contributed by atoms with Gasteiger partial charge in [0.05, 0.1) is 6.04 Å². The monoisotopic (exact) mass is 329 g/mol. The Morgan fingerprint density at radius 2 is 2.22 bits per heavy atom. The molecule has 6 nitrogen and oxygen atoms in total. The van der Waals surface area contributed by atoms with E-state index >= 15 is 0 Å². The Hall–Kier alpha value is -2.28. The van der Waals surface area contributed by atoms with E-state index in [1.807, 2.05) is 25.3 Å². The van der Waals surface area contributed by atoms with Crippen LogP contribution >= 0.6 is 11.3 Å². The van der Waals surface area contributed by atoms with Gasteiger partial charge in [0, 0.05) is 30.7 Å². The van der Waals surface area contributed by atoms with Crippen LogP contribution in [0.1, 0.15) is 38.1 Å². The van der Waals surface area contributed by atoms with E-state index in [2.05, 4.69) is 33.8 Å². The fourth-order valence-corrected chi connectivity index (χ4v) is 3.59. The molecule has 23 heavy (non-hydrogen) atoms. The normalized spacial score (nSPS) is 12.5. The van der Waals surface area contributed by atoms with Crippen LogP contribution in [0.25, 0.3) is 4.96 Å². The maximum atomic E-state index is 12.2. The molecular weight excluding hydrogens is 310 g/mol. The van der Waals surface area contributed by atoms with Crippen LogP contribution in [-0.4, -0.2) is 26.1 Å². The predicted molar refractivity (Wildman–Crippen MR) is 92.2 cm³/mol. The Morgan fingerprint density at radius 1 is 1.39 bits per heavy atom. The van der Waals surface area contributed by atoms with Crippen molar-refractivity contribution in [2.75, 3.05) is 11.4 Å². The molecule has 3 rings (SSSR count). The van der Waals surface area contributed by atoms with Gasteiger partial charge >= 0.3 is 0 Å². The topological polar surface area (TPSA) is 63.4 Å². The minimum atomic E-state index is -0.126. The molecule has 3 aromatic heterocycles. The van der Waals surface area contributed by atoms with Crippen LogP contribution in [0, 0.1) is 0 Å². The van der Waals surface area contributed by atoms with E-state index in [0.29, 0.717) is 4.96 Å². The van der Waals surface area contributed by atoms with Gasteiger partial charge in [-0.2, -0.15) is 4.52 Å². The molecule has 0 radical (unpaired) electrons. The first-order chi connectivity index (χ1) is 11.1. The largest absolute Gasteiger partial charge is 0.340 e. The molecule has 0 aliphatic rings. The molecule has 3 aromatic rings. The molecule has 0 bridgehead atoms. The van der Waals surface area contributed by atoms with Gasteiger partial charge in [-0.15, -0.1) is 5.10 Å². The number of hydrogen-bond donors (Lipinski definition) is 0. The Kier molecular flexibility index (Phi) is 4.38. The smallest absolute Gasteiger partial charge is 0.275 e. The molecular formula is C16H19N5OS. The lowest BCUT2D eigenvalue weighted by Crippen LogP contribution is -2.27. The maximum absolute atomic E-state index is 12.2. The molecule has 1 unspecified atom stereocenters. The van der Waals surface area contributed by atoms with E-state index in [0.717, 1.165) is 29.4 Å². The van der Waals surface area contributed by atoms with Crippen LogP contribution in [0.5, 0.6) is 0 Å². The average molecular weight is 329 g/mol. The zero-order valence-corrected chi connectivity index (χ0v) is 14.2. The molecule has 0 saturated heterocycles. The number of nitrogens with zero attached hydrogens (tertiary/aromatic N) is 5. The molecule has 0 N–H and O–H groups in total. The second kappa shape index (κ2) is 6.45. The second-order valence-electron chi connectivity index (χ2n) is 5.27. The van der Waals surface area contributed by atoms with Crippen LogP contribution in [0.2, 0.25) is 0 Å². The first kappa shape index (κ1) is 15.6. The SMILES string of the molecule is CCc1cc(=O)n2nc(N(CC)C(C)c3cccnc3)sc2n1. The average Bonchev–Trinajstić information content (AvgIpc) is 3.00. The lowest BCUT2D eigenvalue weighted by molar-refractivity contribution is 0.675. The van der Waals surface area contributed by atoms with Crippen molar-refractivity contribution in [3.63, 3.8) is 0 Å². The van der Waals surface area contributed by atoms with E-state index in [1.165, 1.54) is 15.9 Å². The van der Waals surface area contributed by atoms with Crippen molar-refractivity contribution in [1.82, 2.24) is 19.6 Å². The first-order valence-corrected chi connectivity index (χ1v) is 8.52. The molecule has 0 amide bonds. The molecule has 0 saturated carbocycles. The molecule has 1 atom stereocenters. The van der Waals surface area contributed by atoms with Gasteiger partial charge in [-0.1, -0.05) is 24.3 Å². The number of fused-ring (bicyclic) bond motifs is 1. The molecule has 3 heterocycles. The molecule has 0 aliphatic heterocycles. The van der Waals surface area contributed by atoms with Gasteiger partial charge in [-0.05, 0) is 31.9 Å². The van der Waals surface area contributed by atoms with Crippen molar-refractivity contribution in [2.24, 2.45) is 0 Å². The van der Waals surface area contributed by atoms with Gasteiger partial charge in [-0.25, -0.2) is 4.98 Å². The van der Waals surface area contributed by atoms with E-state index in [1.54, 1.807) is 12.3 Å². The minimum Gasteiger partial charge on any atom is -0.340 e. The third kappa shape index (κ3) is 2.96. The Labute approximate surface area is 138 Å². The fraction of sp³-hybridized carbons (Fsp3) is 0.375. The third-order valence-corrected chi connectivity index (χ3v) is 4.82. The summed E-state index contributed by atoms with van der Waals surface area (Å²) in [4.78, 5) is 23.6. The van der Waals surface area contributed by atoms with Gasteiger partial charge in [0.15, 0.2) is 0 Å². The molecule has 0 fully saturated rings. The van der Waals surface area contributed by atoms with Crippen LogP contribution in [0.15, 0.2) is 35.4 Å². The summed E-state index contributed by atoms with van der Waals surface area (Å²) in [6.07, 6.45) is 4.36. The number of rotatable bonds is 5. The van der Waals surface area contributed by atoms with Crippen molar-refractivity contribution in [1.29, 1.82) is 0 Å². The van der Waals surface area contributed by atoms with Crippen molar-refractivity contribution in [3.8, 4) is 0 Å². The zero-order chi connectivity index (χ0) is 16.4. The summed E-state index contributed by atoms with van der Waals surface area (Å²) in [7, 11) is 0. The minimum absolute atomic E-state index is 0.121. The van der Waals surface area contributed by atoms with Crippen LogP contribution in [0.4, 0.5) is 5.13 Å². The second-order valence-corrected chi connectivity index (χ2v) is 6.20. The number of anilines is 1. The summed E-state index contributed by atoms with van der Waals surface area (Å²) < 4.78 is 1.39. The van der Waals surface area contributed by atoms with Gasteiger partial charge in [0.25, 0.3) is 5.56 Å². The van der Waals surface area contributed by atoms with E-state index in [9.17, 15) is 4.79 Å². The highest BCUT2D eigenvalue weighted by molar-refractivity contribution is 7.20. The summed E-state index contributed by atoms with van der Waals surface area (Å²) >= 11 is 1.44. The summed E-state index contributed by atoms with van der Waals surface area (Å²) in [5.74, 6) is 0. The van der Waals surface area contributed by atoms with Crippen molar-refractivity contribution < 1.29 is 0 Å². The lowest BCUT2D eigenvalue weighted by Gasteiger charge is -2.27. The standard InChI is InChI=1S/C16H19N5OS/c1-4-13-9-14(22)21-15(18-13)23-16(19-21)20(5-2)11(3)12-7-6-8-17-10-12/h6-11H,4-5H2,1-3H3. The highest BCUT2D eigenvalue weighted by Crippen LogP contribution is 2.29. The van der Waals surface area contributed by atoms with Gasteiger partial charge in [0.2, 0.25) is 10.1 Å². The number of hydrogen-bond acceptors (Lipinski definition) is 6. The van der Waals surface area contributed by atoms with E-state index in [4.69, 9.17) is 0 Å². The Morgan fingerprint density at radius 3 is 2.87 bits per heavy atom. The summed E-state index contributed by atoms with van der Waals surface area (Å²) in [5.41, 5.74) is 1.79. The molecule has 7 heteroatoms. The Bertz CT molecular complexity index is 858. The molecule has 0 aliphatic carbocycles. The van der Waals surface area contributed by atoms with Gasteiger partial charge in [0.1, 0.15) is 0 Å². The zero-order valence-electron chi connectivity index (χ0n) is 13.4. The van der Waals surface area contributed by atoms with Crippen molar-refractivity contribution in [3.05, 3.63) is 52.2 Å². The molecule has 0 spiro atoms. The summed E-state index contributed by atoms with van der Waals surface area (Å²) in [6, 6.07) is 5.65. The Balaban J connectivity index is 2.03. The maximum Gasteiger partial charge on any atom is 0.275 e. The summed E-state index contributed by atoms with van der Waals surface area (Å²) in [5, 5.41) is 5.26. The van der Waals surface area contributed by atoms with Crippen LogP contribution in [0.3, 0.4) is 0 Å². The predicted octanol–water partition coefficient (Wildman–Crippen LogP) is 2.70. The molecule has 0 aromatic carbocycles. The number of aromatic nitrogens is 4. The first-order valence-electron chi connectivity index (χ1n) is 7.70. The van der Waals surface area contributed by atoms with Gasteiger partial charge in [-0.3, -0.25) is 9.78 Å². The third-order valence-electron chi connectivity index (χ3n) is 3.87. The van der Waals surface area contributed by atoms with Crippen LogP contribution in [-0.2, 0) is 6.42 Å². The lowest BCUT2D eigenvalue weighted by atomic mass is 10.1. The quantitative estimate of drug-likeness (QED) is 0.720. The van der Waals surface area contributed by atoms with Gasteiger partial charge < -0.3 is 4.90 Å². The number of pyridine rings is 1. The fourth-order valence-electron chi connectivity index (χ4n) is 2.52.